The number of ether oxygens (including phenoxy) is 2. The Morgan fingerprint density at radius 2 is 1.02 bits per heavy atom. The van der Waals surface area contributed by atoms with Gasteiger partial charge in [-0.15, -0.1) is 0 Å². The number of phenolic OH excluding ortho intramolecular Hbond substituents is 3. The minimum atomic E-state index is -1.08. The Balaban J connectivity index is 1.84. The number of rotatable bonds is 8. The molecule has 0 aliphatic heterocycles. The highest BCUT2D eigenvalue weighted by Crippen LogP contribution is 2.43. The third-order valence-electron chi connectivity index (χ3n) is 7.96. The van der Waals surface area contributed by atoms with Gasteiger partial charge < -0.3 is 24.8 Å². The first kappa shape index (κ1) is 28.6. The highest BCUT2D eigenvalue weighted by atomic mass is 16.5. The summed E-state index contributed by atoms with van der Waals surface area (Å²) in [5, 5.41) is 31.8. The lowest BCUT2D eigenvalue weighted by atomic mass is 9.75. The fraction of sp³-hybridized carbons (Fsp3) is 0.265. The molecule has 0 aliphatic rings. The number of hydrogen-bond donors (Lipinski definition) is 3. The predicted molar refractivity (Wildman–Crippen MR) is 155 cm³/mol. The molecule has 6 nitrogen and oxygen atoms in total. The van der Waals surface area contributed by atoms with E-state index in [1.165, 1.54) is 7.11 Å². The first-order valence-corrected chi connectivity index (χ1v) is 13.1. The van der Waals surface area contributed by atoms with E-state index in [9.17, 15) is 20.1 Å². The summed E-state index contributed by atoms with van der Waals surface area (Å²) in [6, 6.07) is 25.1. The van der Waals surface area contributed by atoms with E-state index >= 15 is 0 Å². The van der Waals surface area contributed by atoms with Crippen molar-refractivity contribution in [2.24, 2.45) is 0 Å². The van der Waals surface area contributed by atoms with E-state index in [1.54, 1.807) is 43.5 Å². The van der Waals surface area contributed by atoms with Crippen LogP contribution in [0.25, 0.3) is 0 Å². The number of methoxy groups -OCH3 is 2. The predicted octanol–water partition coefficient (Wildman–Crippen LogP) is 6.77. The van der Waals surface area contributed by atoms with E-state index in [-0.39, 0.29) is 17.2 Å². The topological polar surface area (TPSA) is 96.2 Å². The molecule has 0 aliphatic carbocycles. The van der Waals surface area contributed by atoms with Crippen molar-refractivity contribution in [3.05, 3.63) is 118 Å². The molecule has 4 aromatic carbocycles. The summed E-state index contributed by atoms with van der Waals surface area (Å²) in [5.41, 5.74) is 3.36. The van der Waals surface area contributed by atoms with Gasteiger partial charge in [-0.2, -0.15) is 0 Å². The van der Waals surface area contributed by atoms with Gasteiger partial charge in [-0.05, 0) is 58.7 Å². The maximum Gasteiger partial charge on any atom is 0.317 e. The summed E-state index contributed by atoms with van der Waals surface area (Å²) < 4.78 is 10.5. The molecule has 0 amide bonds. The van der Waals surface area contributed by atoms with Crippen LogP contribution in [0.4, 0.5) is 0 Å². The summed E-state index contributed by atoms with van der Waals surface area (Å²) in [6.07, 6.45) is 0. The van der Waals surface area contributed by atoms with Crippen LogP contribution in [0.1, 0.15) is 67.0 Å². The lowest BCUT2D eigenvalue weighted by Crippen LogP contribution is -2.22. The largest absolute Gasteiger partial charge is 0.508 e. The molecular formula is C34H36O6. The van der Waals surface area contributed by atoms with Crippen molar-refractivity contribution in [1.29, 1.82) is 0 Å². The first-order chi connectivity index (χ1) is 18.9. The van der Waals surface area contributed by atoms with Crippen molar-refractivity contribution in [2.45, 2.75) is 44.4 Å². The molecule has 40 heavy (non-hydrogen) atoms. The number of carbonyl (C=O) groups is 1. The maximum atomic E-state index is 13.3. The van der Waals surface area contributed by atoms with Crippen molar-refractivity contribution in [3.8, 4) is 23.0 Å². The molecule has 0 bridgehead atoms. The average molecular weight is 541 g/mol. The van der Waals surface area contributed by atoms with E-state index in [0.29, 0.717) is 11.1 Å². The van der Waals surface area contributed by atoms with Gasteiger partial charge in [-0.1, -0.05) is 76.2 Å². The minimum absolute atomic E-state index is 0.0766. The zero-order valence-electron chi connectivity index (χ0n) is 23.7. The van der Waals surface area contributed by atoms with Crippen LogP contribution >= 0.6 is 0 Å². The lowest BCUT2D eigenvalue weighted by molar-refractivity contribution is -0.141. The molecule has 1 atom stereocenters. The van der Waals surface area contributed by atoms with E-state index in [0.717, 1.165) is 28.0 Å². The second-order valence-corrected chi connectivity index (χ2v) is 11.0. The zero-order valence-corrected chi connectivity index (χ0v) is 23.7. The highest BCUT2D eigenvalue weighted by Gasteiger charge is 2.33. The number of hydrogen-bond acceptors (Lipinski definition) is 6. The van der Waals surface area contributed by atoms with Gasteiger partial charge in [0.1, 0.15) is 28.9 Å². The SMILES string of the molecule is COC(=O)C(c1cc(C(C)(C)c2ccc(O)cc2)ccc1O)c1cc(C(C)(C)c2ccc(OC)cc2)ccc1O. The Morgan fingerprint density at radius 3 is 1.43 bits per heavy atom. The van der Waals surface area contributed by atoms with Crippen LogP contribution in [0.3, 0.4) is 0 Å². The zero-order chi connectivity index (χ0) is 29.2. The first-order valence-electron chi connectivity index (χ1n) is 13.1. The normalized spacial score (nSPS) is 12.6. The summed E-state index contributed by atoms with van der Waals surface area (Å²) in [6.45, 7) is 8.18. The molecule has 0 fully saturated rings. The van der Waals surface area contributed by atoms with Crippen molar-refractivity contribution in [1.82, 2.24) is 0 Å². The van der Waals surface area contributed by atoms with Gasteiger partial charge in [0.05, 0.1) is 14.2 Å². The number of benzene rings is 4. The molecule has 1 unspecified atom stereocenters. The molecule has 3 N–H and O–H groups in total. The molecule has 4 aromatic rings. The van der Waals surface area contributed by atoms with Gasteiger partial charge in [0, 0.05) is 22.0 Å². The Labute approximate surface area is 235 Å². The molecule has 0 aromatic heterocycles. The Bertz CT molecular complexity index is 1500. The summed E-state index contributed by atoms with van der Waals surface area (Å²) >= 11 is 0. The van der Waals surface area contributed by atoms with Crippen LogP contribution in [-0.4, -0.2) is 35.5 Å². The van der Waals surface area contributed by atoms with Crippen LogP contribution < -0.4 is 4.74 Å². The molecule has 6 heteroatoms. The molecule has 0 saturated heterocycles. The molecule has 0 heterocycles. The van der Waals surface area contributed by atoms with Gasteiger partial charge in [-0.3, -0.25) is 4.79 Å². The second kappa shape index (κ2) is 11.0. The van der Waals surface area contributed by atoms with Gasteiger partial charge in [-0.25, -0.2) is 0 Å². The fourth-order valence-corrected chi connectivity index (χ4v) is 5.11. The monoisotopic (exact) mass is 540 g/mol. The van der Waals surface area contributed by atoms with E-state index in [4.69, 9.17) is 9.47 Å². The summed E-state index contributed by atoms with van der Waals surface area (Å²) in [7, 11) is 2.91. The number of aromatic hydroxyl groups is 3. The number of carbonyl (C=O) groups excluding carboxylic acids is 1. The fourth-order valence-electron chi connectivity index (χ4n) is 5.11. The minimum Gasteiger partial charge on any atom is -0.508 e. The van der Waals surface area contributed by atoms with Crippen LogP contribution in [0.5, 0.6) is 23.0 Å². The quantitative estimate of drug-likeness (QED) is 0.214. The Hall–Kier alpha value is -4.45. The van der Waals surface area contributed by atoms with E-state index in [2.05, 4.69) is 13.8 Å². The third-order valence-corrected chi connectivity index (χ3v) is 7.96. The van der Waals surface area contributed by atoms with Gasteiger partial charge in [0.2, 0.25) is 0 Å². The van der Waals surface area contributed by atoms with Crippen molar-refractivity contribution in [3.63, 3.8) is 0 Å². The van der Waals surface area contributed by atoms with Crippen LogP contribution in [0, 0.1) is 0 Å². The summed E-state index contributed by atoms with van der Waals surface area (Å²) in [4.78, 5) is 13.3. The van der Waals surface area contributed by atoms with Crippen molar-refractivity contribution in [2.75, 3.05) is 14.2 Å². The van der Waals surface area contributed by atoms with E-state index < -0.39 is 22.7 Å². The van der Waals surface area contributed by atoms with Crippen molar-refractivity contribution >= 4 is 5.97 Å². The Morgan fingerprint density at radius 1 is 0.625 bits per heavy atom. The van der Waals surface area contributed by atoms with Crippen LogP contribution in [-0.2, 0) is 20.4 Å². The molecule has 0 saturated carbocycles. The molecule has 0 spiro atoms. The van der Waals surface area contributed by atoms with Crippen molar-refractivity contribution < 1.29 is 29.6 Å². The highest BCUT2D eigenvalue weighted by molar-refractivity contribution is 5.84. The van der Waals surface area contributed by atoms with E-state index in [1.807, 2.05) is 62.4 Å². The second-order valence-electron chi connectivity index (χ2n) is 11.0. The number of esters is 1. The third kappa shape index (κ3) is 5.34. The number of phenols is 3. The average Bonchev–Trinajstić information content (AvgIpc) is 2.95. The van der Waals surface area contributed by atoms with Gasteiger partial charge >= 0.3 is 5.97 Å². The molecular weight excluding hydrogens is 504 g/mol. The summed E-state index contributed by atoms with van der Waals surface area (Å²) in [5.74, 6) is -0.921. The standard InChI is InChI=1S/C34H36O6/c1-33(2,21-7-13-25(35)14-8-21)23-11-17-29(36)27(19-23)31(32(38)40-6)28-20-24(12-18-30(28)37)34(3,4)22-9-15-26(39-5)16-10-22/h7-20,31,35-37H,1-6H3. The smallest absolute Gasteiger partial charge is 0.317 e. The lowest BCUT2D eigenvalue weighted by Gasteiger charge is -2.29. The molecule has 0 radical (unpaired) electrons. The molecule has 208 valence electrons. The van der Waals surface area contributed by atoms with Crippen LogP contribution in [0.2, 0.25) is 0 Å². The molecule has 4 rings (SSSR count). The maximum absolute atomic E-state index is 13.3. The Kier molecular flexibility index (Phi) is 7.83. The van der Waals surface area contributed by atoms with Crippen LogP contribution in [0.15, 0.2) is 84.9 Å². The van der Waals surface area contributed by atoms with Gasteiger partial charge in [0.25, 0.3) is 0 Å². The van der Waals surface area contributed by atoms with Gasteiger partial charge in [0.15, 0.2) is 0 Å².